The van der Waals surface area contributed by atoms with E-state index in [1.807, 2.05) is 12.1 Å². The van der Waals surface area contributed by atoms with Gasteiger partial charge >= 0.3 is 5.97 Å². The van der Waals surface area contributed by atoms with E-state index in [4.69, 9.17) is 22.1 Å². The summed E-state index contributed by atoms with van der Waals surface area (Å²) in [5, 5.41) is 0.530. The van der Waals surface area contributed by atoms with Gasteiger partial charge in [0, 0.05) is 0 Å². The Morgan fingerprint density at radius 2 is 2.31 bits per heavy atom. The Kier molecular flexibility index (Phi) is 4.86. The van der Waals surface area contributed by atoms with Crippen LogP contribution in [0, 0.1) is 0 Å². The first-order chi connectivity index (χ1) is 7.63. The van der Waals surface area contributed by atoms with Crippen molar-refractivity contribution in [3.8, 4) is 0 Å². The summed E-state index contributed by atoms with van der Waals surface area (Å²) in [7, 11) is 0. The number of esters is 1. The second-order valence-corrected chi connectivity index (χ2v) is 3.60. The molecular weight excluding hydrogens is 226 g/mol. The van der Waals surface area contributed by atoms with Crippen molar-refractivity contribution in [2.24, 2.45) is 0 Å². The maximum absolute atomic E-state index is 11.0. The van der Waals surface area contributed by atoms with Gasteiger partial charge in [0.2, 0.25) is 0 Å². The van der Waals surface area contributed by atoms with Crippen molar-refractivity contribution in [1.29, 1.82) is 0 Å². The standard InChI is InChI=1S/C12H14ClNO2/c1-2-16-12(15)5-3-4-9-6-7-10(13)11(14)8-9/h3-4,6-8H,2,5,14H2,1H3. The molecule has 3 nitrogen and oxygen atoms in total. The summed E-state index contributed by atoms with van der Waals surface area (Å²) in [6, 6.07) is 5.31. The van der Waals surface area contributed by atoms with Gasteiger partial charge in [0.25, 0.3) is 0 Å². The van der Waals surface area contributed by atoms with Crippen LogP contribution in [0.2, 0.25) is 5.02 Å². The van der Waals surface area contributed by atoms with E-state index < -0.39 is 0 Å². The number of benzene rings is 1. The molecule has 0 spiro atoms. The normalized spacial score (nSPS) is 10.6. The molecule has 0 saturated carbocycles. The fraction of sp³-hybridized carbons (Fsp3) is 0.250. The average molecular weight is 240 g/mol. The second kappa shape index (κ2) is 6.18. The van der Waals surface area contributed by atoms with Crippen molar-refractivity contribution in [2.45, 2.75) is 13.3 Å². The number of nitrogen functional groups attached to an aromatic ring is 1. The molecule has 0 unspecified atom stereocenters. The molecule has 0 saturated heterocycles. The van der Waals surface area contributed by atoms with E-state index >= 15 is 0 Å². The first-order valence-corrected chi connectivity index (χ1v) is 5.38. The van der Waals surface area contributed by atoms with Gasteiger partial charge in [-0.2, -0.15) is 0 Å². The lowest BCUT2D eigenvalue weighted by Crippen LogP contribution is -2.01. The largest absolute Gasteiger partial charge is 0.466 e. The SMILES string of the molecule is CCOC(=O)CC=Cc1ccc(Cl)c(N)c1. The number of carbonyl (C=O) groups is 1. The zero-order valence-electron chi connectivity index (χ0n) is 9.07. The van der Waals surface area contributed by atoms with Gasteiger partial charge in [-0.15, -0.1) is 0 Å². The Hall–Kier alpha value is -1.48. The third-order valence-electron chi connectivity index (χ3n) is 1.92. The second-order valence-electron chi connectivity index (χ2n) is 3.19. The summed E-state index contributed by atoms with van der Waals surface area (Å²) >= 11 is 5.78. The molecule has 0 bridgehead atoms. The minimum atomic E-state index is -0.235. The molecule has 0 atom stereocenters. The molecule has 0 aliphatic heterocycles. The number of anilines is 1. The van der Waals surface area contributed by atoms with E-state index in [-0.39, 0.29) is 12.4 Å². The summed E-state index contributed by atoms with van der Waals surface area (Å²) in [6.07, 6.45) is 3.81. The van der Waals surface area contributed by atoms with Crippen molar-refractivity contribution < 1.29 is 9.53 Å². The van der Waals surface area contributed by atoms with Crippen LogP contribution in [0.4, 0.5) is 5.69 Å². The maximum Gasteiger partial charge on any atom is 0.309 e. The number of carbonyl (C=O) groups excluding carboxylic acids is 1. The van der Waals surface area contributed by atoms with E-state index in [9.17, 15) is 4.79 Å². The molecule has 4 heteroatoms. The van der Waals surface area contributed by atoms with Crippen LogP contribution in [-0.2, 0) is 9.53 Å². The van der Waals surface area contributed by atoms with Crippen molar-refractivity contribution in [3.05, 3.63) is 34.9 Å². The summed E-state index contributed by atoms with van der Waals surface area (Å²) in [6.45, 7) is 2.18. The highest BCUT2D eigenvalue weighted by Crippen LogP contribution is 2.20. The monoisotopic (exact) mass is 239 g/mol. The third-order valence-corrected chi connectivity index (χ3v) is 2.26. The first-order valence-electron chi connectivity index (χ1n) is 5.00. The van der Waals surface area contributed by atoms with Gasteiger partial charge in [-0.1, -0.05) is 29.8 Å². The highest BCUT2D eigenvalue weighted by molar-refractivity contribution is 6.33. The fourth-order valence-electron chi connectivity index (χ4n) is 1.18. The molecule has 86 valence electrons. The number of hydrogen-bond acceptors (Lipinski definition) is 3. The fourth-order valence-corrected chi connectivity index (χ4v) is 1.29. The zero-order chi connectivity index (χ0) is 12.0. The van der Waals surface area contributed by atoms with Crippen molar-refractivity contribution in [2.75, 3.05) is 12.3 Å². The van der Waals surface area contributed by atoms with Crippen LogP contribution >= 0.6 is 11.6 Å². The van der Waals surface area contributed by atoms with E-state index in [1.54, 1.807) is 25.1 Å². The van der Waals surface area contributed by atoms with E-state index in [0.717, 1.165) is 5.56 Å². The Morgan fingerprint density at radius 1 is 1.56 bits per heavy atom. The smallest absolute Gasteiger partial charge is 0.309 e. The minimum absolute atomic E-state index is 0.235. The van der Waals surface area contributed by atoms with Crippen LogP contribution < -0.4 is 5.73 Å². The van der Waals surface area contributed by atoms with Crippen LogP contribution in [-0.4, -0.2) is 12.6 Å². The van der Waals surface area contributed by atoms with Crippen LogP contribution in [0.3, 0.4) is 0 Å². The lowest BCUT2D eigenvalue weighted by atomic mass is 10.2. The highest BCUT2D eigenvalue weighted by Gasteiger charge is 1.98. The predicted octanol–water partition coefficient (Wildman–Crippen LogP) is 2.89. The molecular formula is C12H14ClNO2. The first kappa shape index (κ1) is 12.6. The van der Waals surface area contributed by atoms with E-state index in [1.165, 1.54) is 0 Å². The minimum Gasteiger partial charge on any atom is -0.466 e. The van der Waals surface area contributed by atoms with Gasteiger partial charge < -0.3 is 10.5 Å². The average Bonchev–Trinajstić information content (AvgIpc) is 2.24. The molecule has 16 heavy (non-hydrogen) atoms. The summed E-state index contributed by atoms with van der Waals surface area (Å²) < 4.78 is 4.79. The molecule has 1 aromatic carbocycles. The van der Waals surface area contributed by atoms with Gasteiger partial charge in [0.1, 0.15) is 0 Å². The maximum atomic E-state index is 11.0. The van der Waals surface area contributed by atoms with Gasteiger partial charge in [0.05, 0.1) is 23.7 Å². The predicted molar refractivity (Wildman–Crippen MR) is 66.1 cm³/mol. The molecule has 2 N–H and O–H groups in total. The Labute approximate surface area is 99.8 Å². The van der Waals surface area contributed by atoms with Gasteiger partial charge in [0.15, 0.2) is 0 Å². The molecule has 0 aromatic heterocycles. The molecule has 0 radical (unpaired) electrons. The van der Waals surface area contributed by atoms with Crippen molar-refractivity contribution in [1.82, 2.24) is 0 Å². The molecule has 0 aliphatic rings. The van der Waals surface area contributed by atoms with E-state index in [2.05, 4.69) is 0 Å². The molecule has 1 aromatic rings. The summed E-state index contributed by atoms with van der Waals surface area (Å²) in [5.74, 6) is -0.235. The quantitative estimate of drug-likeness (QED) is 0.649. The molecule has 0 aliphatic carbocycles. The van der Waals surface area contributed by atoms with E-state index in [0.29, 0.717) is 17.3 Å². The summed E-state index contributed by atoms with van der Waals surface area (Å²) in [5.41, 5.74) is 7.08. The lowest BCUT2D eigenvalue weighted by Gasteiger charge is -1.99. The topological polar surface area (TPSA) is 52.3 Å². The molecule has 0 heterocycles. The number of rotatable bonds is 4. The van der Waals surface area contributed by atoms with Gasteiger partial charge in [-0.05, 0) is 24.6 Å². The Bertz CT molecular complexity index is 402. The Balaban J connectivity index is 2.56. The number of halogens is 1. The Morgan fingerprint density at radius 3 is 2.94 bits per heavy atom. The zero-order valence-corrected chi connectivity index (χ0v) is 9.83. The highest BCUT2D eigenvalue weighted by atomic mass is 35.5. The molecule has 1 rings (SSSR count). The van der Waals surface area contributed by atoms with Crippen LogP contribution in [0.1, 0.15) is 18.9 Å². The van der Waals surface area contributed by atoms with Crippen molar-refractivity contribution in [3.63, 3.8) is 0 Å². The number of ether oxygens (including phenoxy) is 1. The molecule has 0 fully saturated rings. The van der Waals surface area contributed by atoms with Crippen molar-refractivity contribution >= 4 is 29.3 Å². The number of hydrogen-bond donors (Lipinski definition) is 1. The van der Waals surface area contributed by atoms with Gasteiger partial charge in [-0.25, -0.2) is 0 Å². The summed E-state index contributed by atoms with van der Waals surface area (Å²) in [4.78, 5) is 11.0. The molecule has 0 amide bonds. The van der Waals surface area contributed by atoms with Crippen LogP contribution in [0.25, 0.3) is 6.08 Å². The lowest BCUT2D eigenvalue weighted by molar-refractivity contribution is -0.142. The van der Waals surface area contributed by atoms with Gasteiger partial charge in [-0.3, -0.25) is 4.79 Å². The third kappa shape index (κ3) is 3.95. The van der Waals surface area contributed by atoms with Crippen LogP contribution in [0.5, 0.6) is 0 Å². The van der Waals surface area contributed by atoms with Crippen LogP contribution in [0.15, 0.2) is 24.3 Å². The number of nitrogens with two attached hydrogens (primary N) is 1.